The lowest BCUT2D eigenvalue weighted by Gasteiger charge is -2.31. The summed E-state index contributed by atoms with van der Waals surface area (Å²) in [5, 5.41) is 7.89. The molecule has 152 valence electrons. The van der Waals surface area contributed by atoms with Gasteiger partial charge in [-0.1, -0.05) is 0 Å². The Kier molecular flexibility index (Phi) is 6.72. The topological polar surface area (TPSA) is 116 Å². The second kappa shape index (κ2) is 9.63. The molecule has 1 saturated heterocycles. The van der Waals surface area contributed by atoms with Crippen LogP contribution in [-0.4, -0.2) is 47.3 Å². The third kappa shape index (κ3) is 6.00. The van der Waals surface area contributed by atoms with E-state index in [-0.39, 0.29) is 5.91 Å². The van der Waals surface area contributed by atoms with E-state index in [0.29, 0.717) is 23.8 Å². The van der Waals surface area contributed by atoms with Gasteiger partial charge in [-0.3, -0.25) is 14.4 Å². The number of hydrogen-bond acceptors (Lipinski definition) is 6. The van der Waals surface area contributed by atoms with Gasteiger partial charge in [-0.25, -0.2) is 9.97 Å². The zero-order chi connectivity index (χ0) is 20.6. The van der Waals surface area contributed by atoms with Gasteiger partial charge in [0.15, 0.2) is 0 Å². The summed E-state index contributed by atoms with van der Waals surface area (Å²) in [5.74, 6) is -0.525. The largest absolute Gasteiger partial charge is 0.348 e. The van der Waals surface area contributed by atoms with Crippen LogP contribution in [-0.2, 0) is 14.4 Å². The Hall–Kier alpha value is -3.49. The van der Waals surface area contributed by atoms with Crippen LogP contribution in [0.1, 0.15) is 19.8 Å². The van der Waals surface area contributed by atoms with Gasteiger partial charge in [0.1, 0.15) is 0 Å². The SMILES string of the molecule is CC(=O)Nc1ccc(NC(=O)C(=O)NCC2CCN(c3ncccn3)CC2)cc1. The third-order valence-electron chi connectivity index (χ3n) is 4.67. The van der Waals surface area contributed by atoms with E-state index in [1.807, 2.05) is 0 Å². The molecule has 9 nitrogen and oxygen atoms in total. The summed E-state index contributed by atoms with van der Waals surface area (Å²) in [5.41, 5.74) is 1.10. The normalized spacial score (nSPS) is 14.2. The minimum Gasteiger partial charge on any atom is -0.348 e. The van der Waals surface area contributed by atoms with Crippen molar-refractivity contribution in [3.05, 3.63) is 42.7 Å². The van der Waals surface area contributed by atoms with Gasteiger partial charge in [-0.15, -0.1) is 0 Å². The minimum atomic E-state index is -0.715. The van der Waals surface area contributed by atoms with Crippen molar-refractivity contribution >= 4 is 35.0 Å². The number of aromatic nitrogens is 2. The minimum absolute atomic E-state index is 0.178. The molecule has 1 aliphatic rings. The Morgan fingerprint density at radius 3 is 2.14 bits per heavy atom. The monoisotopic (exact) mass is 396 g/mol. The molecule has 9 heteroatoms. The highest BCUT2D eigenvalue weighted by Gasteiger charge is 2.22. The van der Waals surface area contributed by atoms with Crippen LogP contribution in [0.25, 0.3) is 0 Å². The maximum Gasteiger partial charge on any atom is 0.313 e. The predicted octanol–water partition coefficient (Wildman–Crippen LogP) is 1.41. The molecule has 2 aromatic rings. The van der Waals surface area contributed by atoms with Crippen molar-refractivity contribution < 1.29 is 14.4 Å². The van der Waals surface area contributed by atoms with Crippen LogP contribution in [0.15, 0.2) is 42.7 Å². The molecule has 29 heavy (non-hydrogen) atoms. The zero-order valence-electron chi connectivity index (χ0n) is 16.2. The maximum absolute atomic E-state index is 12.1. The Balaban J connectivity index is 1.40. The van der Waals surface area contributed by atoms with Crippen molar-refractivity contribution in [2.75, 3.05) is 35.2 Å². The molecule has 0 atom stereocenters. The van der Waals surface area contributed by atoms with Gasteiger partial charge < -0.3 is 20.9 Å². The van der Waals surface area contributed by atoms with Crippen molar-refractivity contribution in [2.24, 2.45) is 5.92 Å². The van der Waals surface area contributed by atoms with Gasteiger partial charge in [0, 0.05) is 50.3 Å². The lowest BCUT2D eigenvalue weighted by molar-refractivity contribution is -0.136. The van der Waals surface area contributed by atoms with E-state index < -0.39 is 11.8 Å². The van der Waals surface area contributed by atoms with Crippen LogP contribution in [0.4, 0.5) is 17.3 Å². The molecule has 1 aromatic carbocycles. The first-order chi connectivity index (χ1) is 14.0. The second-order valence-corrected chi connectivity index (χ2v) is 6.90. The Morgan fingerprint density at radius 1 is 0.966 bits per heavy atom. The first-order valence-corrected chi connectivity index (χ1v) is 9.50. The quantitative estimate of drug-likeness (QED) is 0.658. The molecule has 1 fully saturated rings. The van der Waals surface area contributed by atoms with Crippen molar-refractivity contribution in [1.29, 1.82) is 0 Å². The number of nitrogens with one attached hydrogen (secondary N) is 3. The fourth-order valence-corrected chi connectivity index (χ4v) is 3.14. The van der Waals surface area contributed by atoms with Crippen LogP contribution in [0.3, 0.4) is 0 Å². The number of anilines is 3. The molecular weight excluding hydrogens is 372 g/mol. The standard InChI is InChI=1S/C20H24N6O3/c1-14(27)24-16-3-5-17(6-4-16)25-19(29)18(28)23-13-15-7-11-26(12-8-15)20-21-9-2-10-22-20/h2-6,9-10,15H,7-8,11-13H2,1H3,(H,23,28)(H,24,27)(H,25,29). The number of amides is 3. The van der Waals surface area contributed by atoms with Crippen molar-refractivity contribution in [1.82, 2.24) is 15.3 Å². The fourth-order valence-electron chi connectivity index (χ4n) is 3.14. The zero-order valence-corrected chi connectivity index (χ0v) is 16.2. The van der Waals surface area contributed by atoms with Gasteiger partial charge in [0.25, 0.3) is 0 Å². The van der Waals surface area contributed by atoms with Crippen molar-refractivity contribution in [2.45, 2.75) is 19.8 Å². The summed E-state index contributed by atoms with van der Waals surface area (Å²) in [6.07, 6.45) is 5.23. The van der Waals surface area contributed by atoms with E-state index in [9.17, 15) is 14.4 Å². The molecular formula is C20H24N6O3. The molecule has 0 aliphatic carbocycles. The summed E-state index contributed by atoms with van der Waals surface area (Å²) in [7, 11) is 0. The molecule has 2 heterocycles. The number of carbonyl (C=O) groups is 3. The number of hydrogen-bond donors (Lipinski definition) is 3. The molecule has 1 aromatic heterocycles. The van der Waals surface area contributed by atoms with Crippen LogP contribution in [0, 0.1) is 5.92 Å². The van der Waals surface area contributed by atoms with Gasteiger partial charge >= 0.3 is 11.8 Å². The summed E-state index contributed by atoms with van der Waals surface area (Å²) in [6.45, 7) is 3.51. The molecule has 0 spiro atoms. The van der Waals surface area contributed by atoms with E-state index in [1.165, 1.54) is 6.92 Å². The highest BCUT2D eigenvalue weighted by molar-refractivity contribution is 6.39. The molecule has 3 amide bonds. The van der Waals surface area contributed by atoms with Crippen molar-refractivity contribution in [3.63, 3.8) is 0 Å². The van der Waals surface area contributed by atoms with Gasteiger partial charge in [0.2, 0.25) is 11.9 Å². The van der Waals surface area contributed by atoms with E-state index in [4.69, 9.17) is 0 Å². The number of rotatable bonds is 5. The van der Waals surface area contributed by atoms with E-state index in [1.54, 1.807) is 42.7 Å². The molecule has 3 rings (SSSR count). The number of nitrogens with zero attached hydrogens (tertiary/aromatic N) is 3. The van der Waals surface area contributed by atoms with E-state index in [0.717, 1.165) is 31.9 Å². The van der Waals surface area contributed by atoms with Crippen LogP contribution in [0.5, 0.6) is 0 Å². The highest BCUT2D eigenvalue weighted by atomic mass is 16.2. The lowest BCUT2D eigenvalue weighted by atomic mass is 9.97. The summed E-state index contributed by atoms with van der Waals surface area (Å²) in [4.78, 5) is 45.8. The Bertz CT molecular complexity index is 848. The summed E-state index contributed by atoms with van der Waals surface area (Å²) in [6, 6.07) is 8.34. The Morgan fingerprint density at radius 2 is 1.55 bits per heavy atom. The predicted molar refractivity (Wildman–Crippen MR) is 109 cm³/mol. The first-order valence-electron chi connectivity index (χ1n) is 9.50. The Labute approximate surface area is 168 Å². The third-order valence-corrected chi connectivity index (χ3v) is 4.67. The highest BCUT2D eigenvalue weighted by Crippen LogP contribution is 2.19. The molecule has 1 aliphatic heterocycles. The molecule has 0 unspecified atom stereocenters. The smallest absolute Gasteiger partial charge is 0.313 e. The van der Waals surface area contributed by atoms with Crippen molar-refractivity contribution in [3.8, 4) is 0 Å². The average molecular weight is 396 g/mol. The molecule has 0 radical (unpaired) electrons. The van der Waals surface area contributed by atoms with Gasteiger partial charge in [0.05, 0.1) is 0 Å². The van der Waals surface area contributed by atoms with Crippen LogP contribution in [0.2, 0.25) is 0 Å². The van der Waals surface area contributed by atoms with E-state index in [2.05, 4.69) is 30.8 Å². The van der Waals surface area contributed by atoms with Crippen LogP contribution >= 0.6 is 0 Å². The fraction of sp³-hybridized carbons (Fsp3) is 0.350. The first kappa shape index (κ1) is 20.2. The van der Waals surface area contributed by atoms with Crippen LogP contribution < -0.4 is 20.9 Å². The molecule has 3 N–H and O–H groups in total. The van der Waals surface area contributed by atoms with E-state index >= 15 is 0 Å². The summed E-state index contributed by atoms with van der Waals surface area (Å²) < 4.78 is 0. The maximum atomic E-state index is 12.1. The summed E-state index contributed by atoms with van der Waals surface area (Å²) >= 11 is 0. The van der Waals surface area contributed by atoms with Gasteiger partial charge in [-0.2, -0.15) is 0 Å². The number of benzene rings is 1. The molecule has 0 saturated carbocycles. The number of carbonyl (C=O) groups excluding carboxylic acids is 3. The molecule has 0 bridgehead atoms. The lowest BCUT2D eigenvalue weighted by Crippen LogP contribution is -2.42. The second-order valence-electron chi connectivity index (χ2n) is 6.90. The van der Waals surface area contributed by atoms with Gasteiger partial charge in [-0.05, 0) is 49.1 Å². The number of piperidine rings is 1. The average Bonchev–Trinajstić information content (AvgIpc) is 2.74.